The van der Waals surface area contributed by atoms with E-state index in [0.717, 1.165) is 30.6 Å². The summed E-state index contributed by atoms with van der Waals surface area (Å²) >= 11 is 0. The molecule has 0 aliphatic heterocycles. The summed E-state index contributed by atoms with van der Waals surface area (Å²) in [4.78, 5) is 11.2. The maximum absolute atomic E-state index is 11.2. The first-order valence-electron chi connectivity index (χ1n) is 7.79. The number of aliphatic carboxylic acids is 1. The number of carboxylic acid groups (broad SMARTS) is 1. The van der Waals surface area contributed by atoms with Gasteiger partial charge in [-0.15, -0.1) is 0 Å². The topological polar surface area (TPSA) is 46.5 Å². The molecule has 0 aromatic heterocycles. The smallest absolute Gasteiger partial charge is 0.303 e. The van der Waals surface area contributed by atoms with Gasteiger partial charge in [0.15, 0.2) is 0 Å². The van der Waals surface area contributed by atoms with Gasteiger partial charge in [-0.05, 0) is 47.8 Å². The maximum atomic E-state index is 11.2. The summed E-state index contributed by atoms with van der Waals surface area (Å²) in [5.74, 6) is 0.665. The summed E-state index contributed by atoms with van der Waals surface area (Å²) < 4.78 is 5.49. The van der Waals surface area contributed by atoms with Crippen molar-refractivity contribution < 1.29 is 14.6 Å². The van der Waals surface area contributed by atoms with Crippen LogP contribution >= 0.6 is 0 Å². The maximum Gasteiger partial charge on any atom is 0.303 e. The van der Waals surface area contributed by atoms with Crippen LogP contribution in [0.15, 0.2) is 18.2 Å². The molecule has 1 unspecified atom stereocenters. The van der Waals surface area contributed by atoms with Crippen molar-refractivity contribution in [1.82, 2.24) is 0 Å². The van der Waals surface area contributed by atoms with Crippen LogP contribution in [0.1, 0.15) is 63.5 Å². The predicted octanol–water partition coefficient (Wildman–Crippen LogP) is 4.35. The lowest BCUT2D eigenvalue weighted by Crippen LogP contribution is -2.17. The highest BCUT2D eigenvalue weighted by atomic mass is 16.5. The minimum Gasteiger partial charge on any atom is -0.496 e. The van der Waals surface area contributed by atoms with E-state index in [1.807, 2.05) is 6.07 Å². The lowest BCUT2D eigenvalue weighted by atomic mass is 9.79. The van der Waals surface area contributed by atoms with Crippen molar-refractivity contribution in [3.63, 3.8) is 0 Å². The van der Waals surface area contributed by atoms with Gasteiger partial charge in [0, 0.05) is 5.92 Å². The average molecular weight is 290 g/mol. The van der Waals surface area contributed by atoms with E-state index in [0.29, 0.717) is 5.92 Å². The van der Waals surface area contributed by atoms with Gasteiger partial charge in [0.1, 0.15) is 5.75 Å². The molecule has 1 N–H and O–H groups in total. The zero-order valence-electron chi connectivity index (χ0n) is 13.5. The van der Waals surface area contributed by atoms with Crippen LogP contribution in [0.5, 0.6) is 5.75 Å². The average Bonchev–Trinajstić information content (AvgIpc) is 3.28. The van der Waals surface area contributed by atoms with Crippen LogP contribution in [0.4, 0.5) is 0 Å². The lowest BCUT2D eigenvalue weighted by Gasteiger charge is -2.26. The van der Waals surface area contributed by atoms with Crippen molar-refractivity contribution in [2.45, 2.75) is 57.8 Å². The van der Waals surface area contributed by atoms with Gasteiger partial charge in [0.2, 0.25) is 0 Å². The number of benzene rings is 1. The fourth-order valence-electron chi connectivity index (χ4n) is 2.87. The number of ether oxygens (including phenoxy) is 1. The Balaban J connectivity index is 2.43. The van der Waals surface area contributed by atoms with Gasteiger partial charge in [-0.25, -0.2) is 0 Å². The summed E-state index contributed by atoms with van der Waals surface area (Å²) in [6.45, 7) is 6.63. The Morgan fingerprint density at radius 1 is 1.43 bits per heavy atom. The number of methoxy groups -OCH3 is 1. The second-order valence-corrected chi connectivity index (χ2v) is 6.74. The van der Waals surface area contributed by atoms with Crippen LogP contribution in [-0.2, 0) is 10.2 Å². The van der Waals surface area contributed by atoms with Crippen LogP contribution in [0.2, 0.25) is 0 Å². The van der Waals surface area contributed by atoms with Crippen molar-refractivity contribution in [2.24, 2.45) is 5.92 Å². The molecular weight excluding hydrogens is 264 g/mol. The standard InChI is InChI=1S/C18H26O3/c1-5-18(2,3)13-8-9-16(21-4)15(10-13)14(11-17(19)20)12-6-7-12/h8-10,12,14H,5-7,11H2,1-4H3,(H,19,20). The zero-order valence-corrected chi connectivity index (χ0v) is 13.5. The van der Waals surface area contributed by atoms with E-state index in [4.69, 9.17) is 4.74 Å². The van der Waals surface area contributed by atoms with Crippen molar-refractivity contribution in [3.8, 4) is 5.75 Å². The Labute approximate surface area is 127 Å². The van der Waals surface area contributed by atoms with Crippen LogP contribution in [0.25, 0.3) is 0 Å². The minimum absolute atomic E-state index is 0.0741. The molecule has 3 nitrogen and oxygen atoms in total. The number of carbonyl (C=O) groups is 1. The fraction of sp³-hybridized carbons (Fsp3) is 0.611. The first kappa shape index (κ1) is 15.9. The summed E-state index contributed by atoms with van der Waals surface area (Å²) in [6, 6.07) is 6.28. The summed E-state index contributed by atoms with van der Waals surface area (Å²) in [6.07, 6.45) is 3.49. The monoisotopic (exact) mass is 290 g/mol. The summed E-state index contributed by atoms with van der Waals surface area (Å²) in [5.41, 5.74) is 2.43. The van der Waals surface area contributed by atoms with Gasteiger partial charge in [-0.3, -0.25) is 4.79 Å². The van der Waals surface area contributed by atoms with Crippen molar-refractivity contribution in [2.75, 3.05) is 7.11 Å². The SMILES string of the molecule is CCC(C)(C)c1ccc(OC)c(C(CC(=O)O)C2CC2)c1. The van der Waals surface area contributed by atoms with Crippen molar-refractivity contribution >= 4 is 5.97 Å². The van der Waals surface area contributed by atoms with Crippen molar-refractivity contribution in [1.29, 1.82) is 0 Å². The highest BCUT2D eigenvalue weighted by Crippen LogP contribution is 2.47. The number of hydrogen-bond donors (Lipinski definition) is 1. The van der Waals surface area contributed by atoms with Gasteiger partial charge in [-0.2, -0.15) is 0 Å². The Morgan fingerprint density at radius 2 is 2.10 bits per heavy atom. The molecule has 1 aromatic carbocycles. The highest BCUT2D eigenvalue weighted by molar-refractivity contribution is 5.68. The van der Waals surface area contributed by atoms with E-state index >= 15 is 0 Å². The normalized spacial score (nSPS) is 16.6. The van der Waals surface area contributed by atoms with E-state index in [-0.39, 0.29) is 17.8 Å². The highest BCUT2D eigenvalue weighted by Gasteiger charge is 2.36. The van der Waals surface area contributed by atoms with Gasteiger partial charge >= 0.3 is 5.97 Å². The van der Waals surface area contributed by atoms with Gasteiger partial charge < -0.3 is 9.84 Å². The molecule has 0 radical (unpaired) electrons. The third kappa shape index (κ3) is 3.58. The first-order chi connectivity index (χ1) is 9.89. The van der Waals surface area contributed by atoms with Gasteiger partial charge in [0.05, 0.1) is 13.5 Å². The molecule has 0 bridgehead atoms. The molecule has 1 aliphatic carbocycles. The second kappa shape index (κ2) is 6.08. The molecule has 1 aromatic rings. The van der Waals surface area contributed by atoms with E-state index < -0.39 is 5.97 Å². The molecule has 0 amide bonds. The molecular formula is C18H26O3. The molecule has 0 saturated heterocycles. The summed E-state index contributed by atoms with van der Waals surface area (Å²) in [5, 5.41) is 9.22. The molecule has 1 atom stereocenters. The quantitative estimate of drug-likeness (QED) is 0.812. The lowest BCUT2D eigenvalue weighted by molar-refractivity contribution is -0.137. The third-order valence-electron chi connectivity index (χ3n) is 4.88. The van der Waals surface area contributed by atoms with E-state index in [2.05, 4.69) is 32.9 Å². The molecule has 3 heteroatoms. The minimum atomic E-state index is -0.728. The predicted molar refractivity (Wildman–Crippen MR) is 84.0 cm³/mol. The molecule has 0 heterocycles. The molecule has 0 spiro atoms. The fourth-order valence-corrected chi connectivity index (χ4v) is 2.87. The number of rotatable bonds is 7. The van der Waals surface area contributed by atoms with Crippen LogP contribution in [0, 0.1) is 5.92 Å². The molecule has 1 fully saturated rings. The van der Waals surface area contributed by atoms with Gasteiger partial charge in [0.25, 0.3) is 0 Å². The largest absolute Gasteiger partial charge is 0.496 e. The molecule has 21 heavy (non-hydrogen) atoms. The van der Waals surface area contributed by atoms with Gasteiger partial charge in [-0.1, -0.05) is 32.9 Å². The van der Waals surface area contributed by atoms with E-state index in [1.165, 1.54) is 5.56 Å². The third-order valence-corrected chi connectivity index (χ3v) is 4.88. The Bertz CT molecular complexity index is 515. The molecule has 2 rings (SSSR count). The van der Waals surface area contributed by atoms with Crippen LogP contribution in [0.3, 0.4) is 0 Å². The summed E-state index contributed by atoms with van der Waals surface area (Å²) in [7, 11) is 1.66. The molecule has 116 valence electrons. The van der Waals surface area contributed by atoms with Crippen LogP contribution < -0.4 is 4.74 Å². The Kier molecular flexibility index (Phi) is 4.60. The van der Waals surface area contributed by atoms with Crippen molar-refractivity contribution in [3.05, 3.63) is 29.3 Å². The number of carboxylic acids is 1. The second-order valence-electron chi connectivity index (χ2n) is 6.74. The number of hydrogen-bond acceptors (Lipinski definition) is 2. The molecule has 1 saturated carbocycles. The molecule has 1 aliphatic rings. The first-order valence-corrected chi connectivity index (χ1v) is 7.79. The van der Waals surface area contributed by atoms with Crippen LogP contribution in [-0.4, -0.2) is 18.2 Å². The van der Waals surface area contributed by atoms with E-state index in [9.17, 15) is 9.90 Å². The Morgan fingerprint density at radius 3 is 2.57 bits per heavy atom. The zero-order chi connectivity index (χ0) is 15.6. The Hall–Kier alpha value is -1.51. The van der Waals surface area contributed by atoms with E-state index in [1.54, 1.807) is 7.11 Å².